The summed E-state index contributed by atoms with van der Waals surface area (Å²) in [6.45, 7) is 5.43. The van der Waals surface area contributed by atoms with Crippen LogP contribution >= 0.6 is 11.3 Å². The van der Waals surface area contributed by atoms with Crippen molar-refractivity contribution in [2.75, 3.05) is 0 Å². The molecule has 1 N–H and O–H groups in total. The molecule has 2 nitrogen and oxygen atoms in total. The lowest BCUT2D eigenvalue weighted by Gasteiger charge is -2.28. The predicted molar refractivity (Wildman–Crippen MR) is 69.7 cm³/mol. The molecule has 0 unspecified atom stereocenters. The van der Waals surface area contributed by atoms with E-state index in [-0.39, 0.29) is 0 Å². The minimum Gasteiger partial charge on any atom is -0.309 e. The topological polar surface area (TPSA) is 24.9 Å². The van der Waals surface area contributed by atoms with E-state index in [1.807, 2.05) is 5.51 Å². The fourth-order valence-corrected chi connectivity index (χ4v) is 3.28. The molecule has 0 aromatic carbocycles. The number of aromatic nitrogens is 1. The molecule has 0 radical (unpaired) electrons. The van der Waals surface area contributed by atoms with Gasteiger partial charge in [0, 0.05) is 17.5 Å². The van der Waals surface area contributed by atoms with Gasteiger partial charge in [0.2, 0.25) is 0 Å². The molecule has 1 atom stereocenters. The van der Waals surface area contributed by atoms with Crippen LogP contribution in [-0.2, 0) is 6.54 Å². The van der Waals surface area contributed by atoms with Crippen molar-refractivity contribution < 1.29 is 0 Å². The van der Waals surface area contributed by atoms with E-state index in [9.17, 15) is 0 Å². The number of nitrogens with one attached hydrogen (secondary N) is 1. The summed E-state index contributed by atoms with van der Waals surface area (Å²) in [5.74, 6) is 0.891. The van der Waals surface area contributed by atoms with Crippen molar-refractivity contribution in [1.29, 1.82) is 0 Å². The second-order valence-electron chi connectivity index (χ2n) is 4.93. The molecule has 16 heavy (non-hydrogen) atoms. The first-order valence-corrected chi connectivity index (χ1v) is 7.27. The van der Waals surface area contributed by atoms with Gasteiger partial charge in [-0.1, -0.05) is 19.3 Å². The average molecular weight is 238 g/mol. The van der Waals surface area contributed by atoms with Gasteiger partial charge in [-0.3, -0.25) is 0 Å². The summed E-state index contributed by atoms with van der Waals surface area (Å²) in [6.07, 6.45) is 7.12. The zero-order valence-electron chi connectivity index (χ0n) is 10.3. The highest BCUT2D eigenvalue weighted by atomic mass is 32.1. The highest BCUT2D eigenvalue weighted by Gasteiger charge is 2.19. The molecule has 0 spiro atoms. The van der Waals surface area contributed by atoms with Crippen molar-refractivity contribution in [3.63, 3.8) is 0 Å². The number of nitrogens with zero attached hydrogens (tertiary/aromatic N) is 1. The monoisotopic (exact) mass is 238 g/mol. The van der Waals surface area contributed by atoms with E-state index in [4.69, 9.17) is 0 Å². The maximum Gasteiger partial charge on any atom is 0.0798 e. The molecule has 1 fully saturated rings. The molecule has 0 saturated heterocycles. The fourth-order valence-electron chi connectivity index (χ4n) is 2.55. The van der Waals surface area contributed by atoms with Crippen molar-refractivity contribution in [2.24, 2.45) is 5.92 Å². The van der Waals surface area contributed by atoms with Gasteiger partial charge in [-0.05, 0) is 32.6 Å². The van der Waals surface area contributed by atoms with Crippen LogP contribution in [0.25, 0.3) is 0 Å². The number of rotatable bonds is 4. The standard InChI is InChI=1S/C13H22N2S/c1-10(12-6-4-3-5-7-12)14-8-13-11(2)15-9-16-13/h9-10,12,14H,3-8H2,1-2H3/t10-/m1/s1. The van der Waals surface area contributed by atoms with E-state index in [0.29, 0.717) is 6.04 Å². The summed E-state index contributed by atoms with van der Waals surface area (Å²) < 4.78 is 0. The van der Waals surface area contributed by atoms with Crippen molar-refractivity contribution in [1.82, 2.24) is 10.3 Å². The Kier molecular flexibility index (Phi) is 4.36. The first-order chi connectivity index (χ1) is 7.77. The van der Waals surface area contributed by atoms with Crippen LogP contribution in [0, 0.1) is 12.8 Å². The van der Waals surface area contributed by atoms with E-state index in [0.717, 1.165) is 12.5 Å². The van der Waals surface area contributed by atoms with Gasteiger partial charge in [0.15, 0.2) is 0 Å². The Morgan fingerprint density at radius 3 is 2.81 bits per heavy atom. The van der Waals surface area contributed by atoms with Crippen molar-refractivity contribution in [3.8, 4) is 0 Å². The molecule has 90 valence electrons. The first-order valence-electron chi connectivity index (χ1n) is 6.39. The first kappa shape index (κ1) is 12.1. The van der Waals surface area contributed by atoms with Gasteiger partial charge in [-0.25, -0.2) is 4.98 Å². The van der Waals surface area contributed by atoms with Crippen LogP contribution in [-0.4, -0.2) is 11.0 Å². The molecule has 1 aliphatic rings. The third kappa shape index (κ3) is 3.05. The van der Waals surface area contributed by atoms with Gasteiger partial charge >= 0.3 is 0 Å². The lowest BCUT2D eigenvalue weighted by atomic mass is 9.84. The summed E-state index contributed by atoms with van der Waals surface area (Å²) in [4.78, 5) is 5.68. The van der Waals surface area contributed by atoms with Gasteiger partial charge in [0.25, 0.3) is 0 Å². The molecule has 1 aromatic rings. The fraction of sp³-hybridized carbons (Fsp3) is 0.769. The molecule has 1 heterocycles. The number of hydrogen-bond acceptors (Lipinski definition) is 3. The zero-order chi connectivity index (χ0) is 11.4. The quantitative estimate of drug-likeness (QED) is 0.868. The molecule has 1 aromatic heterocycles. The van der Waals surface area contributed by atoms with Crippen LogP contribution < -0.4 is 5.32 Å². The van der Waals surface area contributed by atoms with Crippen molar-refractivity contribution >= 4 is 11.3 Å². The maximum absolute atomic E-state index is 4.29. The molecule has 3 heteroatoms. The number of thiazole rings is 1. The van der Waals surface area contributed by atoms with E-state index in [2.05, 4.69) is 24.1 Å². The lowest BCUT2D eigenvalue weighted by molar-refractivity contribution is 0.281. The molecule has 0 bridgehead atoms. The zero-order valence-corrected chi connectivity index (χ0v) is 11.1. The smallest absolute Gasteiger partial charge is 0.0798 e. The second kappa shape index (κ2) is 5.78. The van der Waals surface area contributed by atoms with Gasteiger partial charge in [-0.2, -0.15) is 0 Å². The van der Waals surface area contributed by atoms with Crippen molar-refractivity contribution in [2.45, 2.75) is 58.5 Å². The minimum atomic E-state index is 0.654. The highest BCUT2D eigenvalue weighted by molar-refractivity contribution is 7.09. The Balaban J connectivity index is 1.78. The maximum atomic E-state index is 4.29. The molecule has 0 amide bonds. The number of aryl methyl sites for hydroxylation is 1. The number of hydrogen-bond donors (Lipinski definition) is 1. The lowest BCUT2D eigenvalue weighted by Crippen LogP contribution is -2.34. The normalized spacial score (nSPS) is 19.9. The van der Waals surface area contributed by atoms with Crippen molar-refractivity contribution in [3.05, 3.63) is 16.1 Å². The van der Waals surface area contributed by atoms with E-state index in [1.165, 1.54) is 42.7 Å². The third-order valence-corrected chi connectivity index (χ3v) is 4.72. The molecule has 1 saturated carbocycles. The van der Waals surface area contributed by atoms with Gasteiger partial charge < -0.3 is 5.32 Å². The van der Waals surface area contributed by atoms with Crippen LogP contribution in [0.4, 0.5) is 0 Å². The SMILES string of the molecule is Cc1ncsc1CN[C@H](C)C1CCCCC1. The highest BCUT2D eigenvalue weighted by Crippen LogP contribution is 2.26. The minimum absolute atomic E-state index is 0.654. The summed E-state index contributed by atoms with van der Waals surface area (Å²) in [6, 6.07) is 0.654. The molecule has 0 aliphatic heterocycles. The largest absolute Gasteiger partial charge is 0.309 e. The van der Waals surface area contributed by atoms with E-state index >= 15 is 0 Å². The van der Waals surface area contributed by atoms with Crippen LogP contribution in [0.15, 0.2) is 5.51 Å². The third-order valence-electron chi connectivity index (χ3n) is 3.79. The average Bonchev–Trinajstić information content (AvgIpc) is 2.73. The second-order valence-corrected chi connectivity index (χ2v) is 5.87. The van der Waals surface area contributed by atoms with E-state index < -0.39 is 0 Å². The predicted octanol–water partition coefficient (Wildman–Crippen LogP) is 3.51. The van der Waals surface area contributed by atoms with Gasteiger partial charge in [-0.15, -0.1) is 11.3 Å². The Hall–Kier alpha value is -0.410. The Labute approximate surface area is 102 Å². The Bertz CT molecular complexity index is 315. The van der Waals surface area contributed by atoms with Crippen LogP contribution in [0.2, 0.25) is 0 Å². The summed E-state index contributed by atoms with van der Waals surface area (Å²) in [5, 5.41) is 3.67. The van der Waals surface area contributed by atoms with Gasteiger partial charge in [0.1, 0.15) is 0 Å². The Morgan fingerprint density at radius 2 is 2.19 bits per heavy atom. The van der Waals surface area contributed by atoms with Crippen LogP contribution in [0.5, 0.6) is 0 Å². The molecule has 2 rings (SSSR count). The summed E-state index contributed by atoms with van der Waals surface area (Å²) in [5.41, 5.74) is 3.13. The Morgan fingerprint density at radius 1 is 1.44 bits per heavy atom. The molecule has 1 aliphatic carbocycles. The summed E-state index contributed by atoms with van der Waals surface area (Å²) >= 11 is 1.76. The van der Waals surface area contributed by atoms with E-state index in [1.54, 1.807) is 11.3 Å². The van der Waals surface area contributed by atoms with Crippen LogP contribution in [0.3, 0.4) is 0 Å². The van der Waals surface area contributed by atoms with Gasteiger partial charge in [0.05, 0.1) is 11.2 Å². The molecular weight excluding hydrogens is 216 g/mol. The summed E-state index contributed by atoms with van der Waals surface area (Å²) in [7, 11) is 0. The van der Waals surface area contributed by atoms with Crippen LogP contribution in [0.1, 0.15) is 49.6 Å². The molecular formula is C13H22N2S.